The minimum absolute atomic E-state index is 0.709. The number of halogens is 1. The summed E-state index contributed by atoms with van der Waals surface area (Å²) in [6, 6.07) is 12.1. The van der Waals surface area contributed by atoms with Gasteiger partial charge in [0.05, 0.1) is 19.7 Å². The highest BCUT2D eigenvalue weighted by Gasteiger charge is 2.17. The van der Waals surface area contributed by atoms with E-state index in [1.54, 1.807) is 14.2 Å². The first-order chi connectivity index (χ1) is 14.2. The van der Waals surface area contributed by atoms with E-state index in [1.807, 2.05) is 30.4 Å². The zero-order valence-electron chi connectivity index (χ0n) is 16.7. The van der Waals surface area contributed by atoms with Gasteiger partial charge in [-0.05, 0) is 83.8 Å². The van der Waals surface area contributed by atoms with E-state index in [1.165, 1.54) is 22.8 Å². The van der Waals surface area contributed by atoms with Crippen LogP contribution < -0.4 is 14.4 Å². The second kappa shape index (κ2) is 8.98. The van der Waals surface area contributed by atoms with E-state index < -0.39 is 0 Å². The summed E-state index contributed by atoms with van der Waals surface area (Å²) in [5.41, 5.74) is 1.95. The van der Waals surface area contributed by atoms with Gasteiger partial charge in [0, 0.05) is 28.1 Å². The molecule has 0 aliphatic carbocycles. The number of hydrogen-bond donors (Lipinski definition) is 0. The molecule has 1 aliphatic rings. The molecule has 1 fully saturated rings. The van der Waals surface area contributed by atoms with Crippen molar-refractivity contribution in [2.45, 2.75) is 19.3 Å². The van der Waals surface area contributed by atoms with Crippen molar-refractivity contribution in [1.82, 2.24) is 9.97 Å². The molecular formula is C23H24IN3O2. The minimum Gasteiger partial charge on any atom is -0.497 e. The number of rotatable bonds is 5. The molecule has 1 saturated heterocycles. The first-order valence-electron chi connectivity index (χ1n) is 9.79. The minimum atomic E-state index is 0.709. The van der Waals surface area contributed by atoms with Crippen molar-refractivity contribution < 1.29 is 9.47 Å². The average Bonchev–Trinajstić information content (AvgIpc) is 2.77. The van der Waals surface area contributed by atoms with E-state index in [2.05, 4.69) is 45.7 Å². The van der Waals surface area contributed by atoms with E-state index in [0.717, 1.165) is 46.9 Å². The van der Waals surface area contributed by atoms with Gasteiger partial charge in [-0.1, -0.05) is 6.08 Å². The SMILES string of the molecule is COc1cc(/C=C/c2nc(N3CCCCC3)c3cc(I)ccc3n2)cc(OC)c1. The average molecular weight is 501 g/mol. The van der Waals surface area contributed by atoms with Gasteiger partial charge in [-0.25, -0.2) is 9.97 Å². The zero-order chi connectivity index (χ0) is 20.2. The fraction of sp³-hybridized carbons (Fsp3) is 0.304. The van der Waals surface area contributed by atoms with Gasteiger partial charge in [0.15, 0.2) is 5.82 Å². The standard InChI is InChI=1S/C23H24IN3O2/c1-28-18-12-16(13-19(15-18)29-2)6-9-22-25-21-8-7-17(24)14-20(21)23(26-22)27-10-4-3-5-11-27/h6-9,12-15H,3-5,10-11H2,1-2H3/b9-6+. The van der Waals surface area contributed by atoms with E-state index in [0.29, 0.717) is 5.82 Å². The number of methoxy groups -OCH3 is 2. The van der Waals surface area contributed by atoms with Gasteiger partial charge in [0.25, 0.3) is 0 Å². The third kappa shape index (κ3) is 4.63. The molecule has 0 unspecified atom stereocenters. The summed E-state index contributed by atoms with van der Waals surface area (Å²) in [7, 11) is 3.31. The van der Waals surface area contributed by atoms with Crippen LogP contribution in [-0.4, -0.2) is 37.3 Å². The van der Waals surface area contributed by atoms with Crippen LogP contribution in [0.5, 0.6) is 11.5 Å². The smallest absolute Gasteiger partial charge is 0.154 e. The molecule has 0 amide bonds. The summed E-state index contributed by atoms with van der Waals surface area (Å²) in [5.74, 6) is 3.26. The summed E-state index contributed by atoms with van der Waals surface area (Å²) < 4.78 is 11.9. The lowest BCUT2D eigenvalue weighted by Gasteiger charge is -2.28. The van der Waals surface area contributed by atoms with Crippen LogP contribution in [0.15, 0.2) is 36.4 Å². The molecule has 2 aromatic carbocycles. The Morgan fingerprint density at radius 2 is 1.62 bits per heavy atom. The van der Waals surface area contributed by atoms with Gasteiger partial charge in [-0.3, -0.25) is 0 Å². The second-order valence-corrected chi connectivity index (χ2v) is 8.34. The largest absolute Gasteiger partial charge is 0.497 e. The van der Waals surface area contributed by atoms with Crippen molar-refractivity contribution in [2.24, 2.45) is 0 Å². The van der Waals surface area contributed by atoms with Gasteiger partial charge >= 0.3 is 0 Å². The summed E-state index contributed by atoms with van der Waals surface area (Å²) in [4.78, 5) is 12.1. The monoisotopic (exact) mass is 501 g/mol. The molecule has 1 aromatic heterocycles. The predicted octanol–water partition coefficient (Wildman–Crippen LogP) is 5.41. The van der Waals surface area contributed by atoms with Gasteiger partial charge in [-0.2, -0.15) is 0 Å². The number of aromatic nitrogens is 2. The first kappa shape index (κ1) is 19.9. The van der Waals surface area contributed by atoms with E-state index >= 15 is 0 Å². The van der Waals surface area contributed by atoms with Gasteiger partial charge in [-0.15, -0.1) is 0 Å². The molecule has 150 valence electrons. The second-order valence-electron chi connectivity index (χ2n) is 7.09. The number of anilines is 1. The first-order valence-corrected chi connectivity index (χ1v) is 10.9. The van der Waals surface area contributed by atoms with Gasteiger partial charge in [0.1, 0.15) is 17.3 Å². The highest BCUT2D eigenvalue weighted by molar-refractivity contribution is 14.1. The molecule has 0 spiro atoms. The van der Waals surface area contributed by atoms with Crippen molar-refractivity contribution in [3.8, 4) is 11.5 Å². The zero-order valence-corrected chi connectivity index (χ0v) is 18.8. The van der Waals surface area contributed by atoms with Crippen molar-refractivity contribution in [3.63, 3.8) is 0 Å². The maximum Gasteiger partial charge on any atom is 0.154 e. The Morgan fingerprint density at radius 1 is 0.897 bits per heavy atom. The van der Waals surface area contributed by atoms with Crippen LogP contribution in [0, 0.1) is 3.57 Å². The Bertz CT molecular complexity index is 1020. The number of piperidine rings is 1. The third-order valence-corrected chi connectivity index (χ3v) is 5.78. The maximum atomic E-state index is 5.36. The molecule has 6 heteroatoms. The molecule has 4 rings (SSSR count). The summed E-state index contributed by atoms with van der Waals surface area (Å²) in [6.07, 6.45) is 7.67. The quantitative estimate of drug-likeness (QED) is 0.438. The van der Waals surface area contributed by atoms with Crippen LogP contribution in [0.1, 0.15) is 30.7 Å². The highest BCUT2D eigenvalue weighted by Crippen LogP contribution is 2.29. The maximum absolute atomic E-state index is 5.36. The molecule has 5 nitrogen and oxygen atoms in total. The number of benzene rings is 2. The topological polar surface area (TPSA) is 47.5 Å². The molecule has 3 aromatic rings. The lowest BCUT2D eigenvalue weighted by molar-refractivity contribution is 0.394. The number of hydrogen-bond acceptors (Lipinski definition) is 5. The summed E-state index contributed by atoms with van der Waals surface area (Å²) >= 11 is 2.35. The number of nitrogens with zero attached hydrogens (tertiary/aromatic N) is 3. The van der Waals surface area contributed by atoms with Crippen molar-refractivity contribution in [2.75, 3.05) is 32.2 Å². The normalized spacial score (nSPS) is 14.5. The van der Waals surface area contributed by atoms with Crippen LogP contribution in [0.2, 0.25) is 0 Å². The van der Waals surface area contributed by atoms with Gasteiger partial charge in [0.2, 0.25) is 0 Å². The van der Waals surface area contributed by atoms with Crippen molar-refractivity contribution in [3.05, 3.63) is 51.4 Å². The Balaban J connectivity index is 1.74. The van der Waals surface area contributed by atoms with Gasteiger partial charge < -0.3 is 14.4 Å². The molecule has 0 saturated carbocycles. The lowest BCUT2D eigenvalue weighted by Crippen LogP contribution is -2.30. The fourth-order valence-electron chi connectivity index (χ4n) is 3.62. The Labute approximate surface area is 184 Å². The molecule has 0 radical (unpaired) electrons. The van der Waals surface area contributed by atoms with Crippen LogP contribution in [0.3, 0.4) is 0 Å². The van der Waals surface area contributed by atoms with E-state index in [-0.39, 0.29) is 0 Å². The van der Waals surface area contributed by atoms with Crippen LogP contribution in [0.25, 0.3) is 23.1 Å². The Hall–Kier alpha value is -2.35. The van der Waals surface area contributed by atoms with E-state index in [9.17, 15) is 0 Å². The van der Waals surface area contributed by atoms with Crippen LogP contribution in [0.4, 0.5) is 5.82 Å². The molecule has 0 atom stereocenters. The Morgan fingerprint density at radius 3 is 2.31 bits per heavy atom. The number of fused-ring (bicyclic) bond motifs is 1. The molecular weight excluding hydrogens is 477 g/mol. The molecule has 0 N–H and O–H groups in total. The number of ether oxygens (including phenoxy) is 2. The Kier molecular flexibility index (Phi) is 6.18. The molecule has 1 aliphatic heterocycles. The lowest BCUT2D eigenvalue weighted by atomic mass is 10.1. The summed E-state index contributed by atoms with van der Waals surface area (Å²) in [5, 5.41) is 1.12. The molecule has 0 bridgehead atoms. The molecule has 2 heterocycles. The third-order valence-electron chi connectivity index (χ3n) is 5.11. The van der Waals surface area contributed by atoms with Crippen molar-refractivity contribution in [1.29, 1.82) is 0 Å². The predicted molar refractivity (Wildman–Crippen MR) is 127 cm³/mol. The van der Waals surface area contributed by atoms with E-state index in [4.69, 9.17) is 19.4 Å². The highest BCUT2D eigenvalue weighted by atomic mass is 127. The summed E-state index contributed by atoms with van der Waals surface area (Å²) in [6.45, 7) is 2.10. The fourth-order valence-corrected chi connectivity index (χ4v) is 4.11. The van der Waals surface area contributed by atoms with Crippen molar-refractivity contribution >= 4 is 51.5 Å². The van der Waals surface area contributed by atoms with Crippen LogP contribution in [-0.2, 0) is 0 Å². The molecule has 29 heavy (non-hydrogen) atoms. The van der Waals surface area contributed by atoms with Crippen LogP contribution >= 0.6 is 22.6 Å².